The van der Waals surface area contributed by atoms with Crippen molar-refractivity contribution in [2.75, 3.05) is 0 Å². The number of hydrogen-bond acceptors (Lipinski definition) is 0. The van der Waals surface area contributed by atoms with E-state index in [1.54, 1.807) is 11.1 Å². The van der Waals surface area contributed by atoms with Gasteiger partial charge in [-0.05, 0) is 42.7 Å². The third kappa shape index (κ3) is 1.26. The zero-order valence-electron chi connectivity index (χ0n) is 7.59. The van der Waals surface area contributed by atoms with Gasteiger partial charge in [-0.15, -0.1) is 0 Å². The van der Waals surface area contributed by atoms with Crippen LogP contribution in [0, 0.1) is 6.42 Å². The van der Waals surface area contributed by atoms with Gasteiger partial charge in [0.15, 0.2) is 0 Å². The predicted molar refractivity (Wildman–Crippen MR) is 52.1 cm³/mol. The molecule has 1 aromatic carbocycles. The molecule has 0 N–H and O–H groups in total. The van der Waals surface area contributed by atoms with Gasteiger partial charge in [0.1, 0.15) is 0 Å². The molecular weight excluding hydrogens is 144 g/mol. The number of fused-ring (bicyclic) bond motifs is 1. The van der Waals surface area contributed by atoms with Crippen molar-refractivity contribution < 1.29 is 0 Å². The molecular formula is C12H15. The van der Waals surface area contributed by atoms with Gasteiger partial charge in [-0.2, -0.15) is 0 Å². The zero-order chi connectivity index (χ0) is 8.39. The van der Waals surface area contributed by atoms with Crippen LogP contribution < -0.4 is 0 Å². The third-order valence-corrected chi connectivity index (χ3v) is 2.82. The van der Waals surface area contributed by atoms with E-state index in [1.165, 1.54) is 19.3 Å². The van der Waals surface area contributed by atoms with Crippen LogP contribution in [0.2, 0.25) is 0 Å². The summed E-state index contributed by atoms with van der Waals surface area (Å²) in [6.07, 6.45) is 6.30. The van der Waals surface area contributed by atoms with E-state index in [9.17, 15) is 0 Å². The first kappa shape index (κ1) is 7.85. The van der Waals surface area contributed by atoms with Crippen LogP contribution in [-0.2, 0) is 6.42 Å². The molecule has 1 aromatic rings. The SMILES string of the molecule is C[CH]C1CCCc2ccccc21. The Morgan fingerprint density at radius 1 is 1.33 bits per heavy atom. The highest BCUT2D eigenvalue weighted by Gasteiger charge is 2.17. The maximum atomic E-state index is 2.33. The van der Waals surface area contributed by atoms with Crippen molar-refractivity contribution in [1.29, 1.82) is 0 Å². The molecule has 0 heterocycles. The first-order chi connectivity index (χ1) is 5.92. The van der Waals surface area contributed by atoms with Gasteiger partial charge >= 0.3 is 0 Å². The second-order valence-electron chi connectivity index (χ2n) is 3.53. The van der Waals surface area contributed by atoms with Crippen LogP contribution in [0.5, 0.6) is 0 Å². The lowest BCUT2D eigenvalue weighted by Gasteiger charge is -2.23. The van der Waals surface area contributed by atoms with Crippen molar-refractivity contribution in [3.05, 3.63) is 41.8 Å². The fraction of sp³-hybridized carbons (Fsp3) is 0.417. The standard InChI is InChI=1S/C12H15/c1-2-10-7-5-8-11-6-3-4-9-12(10)11/h2-4,6,9-10H,5,7-8H2,1H3. The molecule has 1 aliphatic rings. The Morgan fingerprint density at radius 3 is 3.00 bits per heavy atom. The van der Waals surface area contributed by atoms with Gasteiger partial charge in [0, 0.05) is 0 Å². The summed E-state index contributed by atoms with van der Waals surface area (Å²) in [4.78, 5) is 0. The maximum absolute atomic E-state index is 2.33. The molecule has 1 aliphatic carbocycles. The van der Waals surface area contributed by atoms with Crippen molar-refractivity contribution in [1.82, 2.24) is 0 Å². The number of aryl methyl sites for hydroxylation is 1. The molecule has 0 heteroatoms. The summed E-state index contributed by atoms with van der Waals surface area (Å²) < 4.78 is 0. The van der Waals surface area contributed by atoms with Gasteiger partial charge in [0.25, 0.3) is 0 Å². The molecule has 1 radical (unpaired) electrons. The quantitative estimate of drug-likeness (QED) is 0.589. The molecule has 2 rings (SSSR count). The predicted octanol–water partition coefficient (Wildman–Crippen LogP) is 3.33. The van der Waals surface area contributed by atoms with Crippen LogP contribution in [0.25, 0.3) is 0 Å². The molecule has 0 fully saturated rings. The number of rotatable bonds is 1. The van der Waals surface area contributed by atoms with Gasteiger partial charge in [0.05, 0.1) is 0 Å². The Kier molecular flexibility index (Phi) is 2.16. The smallest absolute Gasteiger partial charge is 0.0131 e. The van der Waals surface area contributed by atoms with Gasteiger partial charge < -0.3 is 0 Å². The molecule has 1 unspecified atom stereocenters. The lowest BCUT2D eigenvalue weighted by molar-refractivity contribution is 0.604. The average Bonchev–Trinajstić information content (AvgIpc) is 2.17. The van der Waals surface area contributed by atoms with Crippen LogP contribution >= 0.6 is 0 Å². The van der Waals surface area contributed by atoms with Crippen molar-refractivity contribution in [3.63, 3.8) is 0 Å². The minimum Gasteiger partial charge on any atom is -0.0620 e. The highest BCUT2D eigenvalue weighted by Crippen LogP contribution is 2.32. The summed E-state index contributed by atoms with van der Waals surface area (Å²) in [5, 5.41) is 0. The summed E-state index contributed by atoms with van der Waals surface area (Å²) in [6.45, 7) is 2.17. The lowest BCUT2D eigenvalue weighted by Crippen LogP contribution is -2.08. The van der Waals surface area contributed by atoms with E-state index in [-0.39, 0.29) is 0 Å². The molecule has 0 aromatic heterocycles. The molecule has 0 saturated heterocycles. The molecule has 0 aliphatic heterocycles. The topological polar surface area (TPSA) is 0 Å². The first-order valence-electron chi connectivity index (χ1n) is 4.79. The van der Waals surface area contributed by atoms with Crippen molar-refractivity contribution in [3.8, 4) is 0 Å². The Balaban J connectivity index is 2.37. The summed E-state index contributed by atoms with van der Waals surface area (Å²) in [5.41, 5.74) is 3.12. The third-order valence-electron chi connectivity index (χ3n) is 2.82. The van der Waals surface area contributed by atoms with E-state index in [0.29, 0.717) is 0 Å². The van der Waals surface area contributed by atoms with Crippen LogP contribution in [0.15, 0.2) is 24.3 Å². The first-order valence-corrected chi connectivity index (χ1v) is 4.79. The minimum absolute atomic E-state index is 0.718. The van der Waals surface area contributed by atoms with Crippen molar-refractivity contribution in [2.24, 2.45) is 0 Å². The molecule has 63 valence electrons. The van der Waals surface area contributed by atoms with E-state index in [0.717, 1.165) is 5.92 Å². The minimum atomic E-state index is 0.718. The van der Waals surface area contributed by atoms with E-state index >= 15 is 0 Å². The maximum Gasteiger partial charge on any atom is -0.0131 e. The summed E-state index contributed by atoms with van der Waals surface area (Å²) in [5.74, 6) is 0.718. The Bertz CT molecular complexity index is 262. The highest BCUT2D eigenvalue weighted by atomic mass is 14.2. The number of benzene rings is 1. The molecule has 12 heavy (non-hydrogen) atoms. The Morgan fingerprint density at radius 2 is 2.17 bits per heavy atom. The van der Waals surface area contributed by atoms with Crippen LogP contribution in [-0.4, -0.2) is 0 Å². The molecule has 0 spiro atoms. The van der Waals surface area contributed by atoms with Gasteiger partial charge in [-0.1, -0.05) is 31.2 Å². The average molecular weight is 159 g/mol. The zero-order valence-corrected chi connectivity index (χ0v) is 7.59. The normalized spacial score (nSPS) is 21.9. The molecule has 0 bridgehead atoms. The summed E-state index contributed by atoms with van der Waals surface area (Å²) in [6, 6.07) is 8.85. The second-order valence-corrected chi connectivity index (χ2v) is 3.53. The van der Waals surface area contributed by atoms with Crippen LogP contribution in [0.1, 0.15) is 36.8 Å². The number of hydrogen-bond donors (Lipinski definition) is 0. The fourth-order valence-electron chi connectivity index (χ4n) is 2.14. The fourth-order valence-corrected chi connectivity index (χ4v) is 2.14. The van der Waals surface area contributed by atoms with E-state index < -0.39 is 0 Å². The van der Waals surface area contributed by atoms with E-state index in [4.69, 9.17) is 0 Å². The molecule has 0 amide bonds. The van der Waals surface area contributed by atoms with E-state index in [2.05, 4.69) is 37.6 Å². The largest absolute Gasteiger partial charge is 0.0620 e. The van der Waals surface area contributed by atoms with Crippen molar-refractivity contribution in [2.45, 2.75) is 32.1 Å². The van der Waals surface area contributed by atoms with E-state index in [1.807, 2.05) is 0 Å². The Hall–Kier alpha value is -0.780. The second kappa shape index (κ2) is 3.30. The van der Waals surface area contributed by atoms with Crippen LogP contribution in [0.3, 0.4) is 0 Å². The highest BCUT2D eigenvalue weighted by molar-refractivity contribution is 5.33. The van der Waals surface area contributed by atoms with Crippen LogP contribution in [0.4, 0.5) is 0 Å². The Labute approximate surface area is 74.6 Å². The van der Waals surface area contributed by atoms with Gasteiger partial charge in [0.2, 0.25) is 0 Å². The molecule has 0 nitrogen and oxygen atoms in total. The monoisotopic (exact) mass is 159 g/mol. The van der Waals surface area contributed by atoms with Crippen molar-refractivity contribution >= 4 is 0 Å². The summed E-state index contributed by atoms with van der Waals surface area (Å²) in [7, 11) is 0. The molecule has 1 atom stereocenters. The molecule has 0 saturated carbocycles. The van der Waals surface area contributed by atoms with Gasteiger partial charge in [-0.25, -0.2) is 0 Å². The summed E-state index contributed by atoms with van der Waals surface area (Å²) >= 11 is 0. The van der Waals surface area contributed by atoms with Gasteiger partial charge in [-0.3, -0.25) is 0 Å². The lowest BCUT2D eigenvalue weighted by atomic mass is 9.81.